The molecule has 13 rings (SSSR count). The van der Waals surface area contributed by atoms with Gasteiger partial charge in [0.1, 0.15) is 15.5 Å². The summed E-state index contributed by atoms with van der Waals surface area (Å²) in [7, 11) is 0. The number of hydrogen-bond acceptors (Lipinski definition) is 6. The van der Waals surface area contributed by atoms with Gasteiger partial charge in [-0.2, -0.15) is 0 Å². The van der Waals surface area contributed by atoms with Crippen LogP contribution >= 0.6 is 22.7 Å². The van der Waals surface area contributed by atoms with Gasteiger partial charge in [-0.15, -0.1) is 22.7 Å². The first kappa shape index (κ1) is 41.3. The van der Waals surface area contributed by atoms with Crippen LogP contribution in [0.4, 0.5) is 34.1 Å². The molecule has 0 unspecified atom stereocenters. The molecule has 0 atom stereocenters. The summed E-state index contributed by atoms with van der Waals surface area (Å²) in [5, 5.41) is 6.84. The van der Waals surface area contributed by atoms with E-state index in [0.717, 1.165) is 93.3 Å². The molecule has 0 radical (unpaired) electrons. The van der Waals surface area contributed by atoms with Gasteiger partial charge in [-0.25, -0.2) is 9.97 Å². The second-order valence-corrected chi connectivity index (χ2v) is 19.4. The molecule has 11 aromatic carbocycles. The molecule has 2 aromatic heterocycles. The minimum absolute atomic E-state index is 0.855. The summed E-state index contributed by atoms with van der Waals surface area (Å²) < 4.78 is 2.31. The lowest BCUT2D eigenvalue weighted by molar-refractivity contribution is 1.29. The van der Waals surface area contributed by atoms with Gasteiger partial charge in [0.2, 0.25) is 0 Å². The van der Waals surface area contributed by atoms with Crippen LogP contribution in [0.3, 0.4) is 0 Å². The maximum absolute atomic E-state index is 4.92. The minimum atomic E-state index is 0.855. The summed E-state index contributed by atoms with van der Waals surface area (Å²) in [6.45, 7) is 0. The number of para-hydroxylation sites is 1. The smallest absolute Gasteiger partial charge is 0.132 e. The minimum Gasteiger partial charge on any atom is -0.310 e. The van der Waals surface area contributed by atoms with Crippen molar-refractivity contribution in [3.05, 3.63) is 255 Å². The van der Waals surface area contributed by atoms with Crippen LogP contribution in [-0.2, 0) is 0 Å². The van der Waals surface area contributed by atoms with Crippen molar-refractivity contribution in [2.24, 2.45) is 0 Å². The number of nitrogens with zero attached hydrogens (tertiary/aromatic N) is 4. The fraction of sp³-hybridized carbons (Fsp3) is 0. The van der Waals surface area contributed by atoms with Crippen LogP contribution in [0.1, 0.15) is 0 Å². The third kappa shape index (κ3) is 7.89. The topological polar surface area (TPSA) is 32.3 Å². The van der Waals surface area contributed by atoms with Crippen molar-refractivity contribution >= 4 is 98.8 Å². The zero-order valence-electron chi connectivity index (χ0n) is 37.7. The number of hydrogen-bond donors (Lipinski definition) is 0. The molecule has 70 heavy (non-hydrogen) atoms. The van der Waals surface area contributed by atoms with Gasteiger partial charge in [0.05, 0.1) is 14.9 Å². The molecular formula is C64H40N4S2. The summed E-state index contributed by atoms with van der Waals surface area (Å²) in [5.74, 6) is 0. The third-order valence-corrected chi connectivity index (χ3v) is 15.1. The molecule has 328 valence electrons. The summed E-state index contributed by atoms with van der Waals surface area (Å²) in [6, 6.07) is 93.1. The van der Waals surface area contributed by atoms with Crippen LogP contribution in [0.15, 0.2) is 243 Å². The molecule has 4 nitrogen and oxygen atoms in total. The van der Waals surface area contributed by atoms with E-state index in [1.807, 2.05) is 18.2 Å². The lowest BCUT2D eigenvalue weighted by Gasteiger charge is -2.26. The van der Waals surface area contributed by atoms with E-state index >= 15 is 0 Å². The van der Waals surface area contributed by atoms with Gasteiger partial charge in [0, 0.05) is 45.3 Å². The molecule has 0 spiro atoms. The Hall–Kier alpha value is -8.86. The average Bonchev–Trinajstić information content (AvgIpc) is 4.08. The number of anilines is 6. The summed E-state index contributed by atoms with van der Waals surface area (Å²) in [6.07, 6.45) is 0. The van der Waals surface area contributed by atoms with Crippen LogP contribution in [0.25, 0.3) is 85.4 Å². The predicted molar refractivity (Wildman–Crippen MR) is 297 cm³/mol. The Balaban J connectivity index is 0.777. The molecule has 0 bridgehead atoms. The van der Waals surface area contributed by atoms with E-state index in [9.17, 15) is 0 Å². The molecule has 0 amide bonds. The maximum Gasteiger partial charge on any atom is 0.132 e. The van der Waals surface area contributed by atoms with E-state index in [1.54, 1.807) is 22.7 Å². The Kier molecular flexibility index (Phi) is 10.4. The number of thiazole rings is 2. The van der Waals surface area contributed by atoms with Gasteiger partial charge >= 0.3 is 0 Å². The van der Waals surface area contributed by atoms with Crippen molar-refractivity contribution in [1.29, 1.82) is 0 Å². The molecule has 0 aliphatic carbocycles. The second-order valence-electron chi connectivity index (χ2n) is 17.3. The Morgan fingerprint density at radius 1 is 0.314 bits per heavy atom. The first-order chi connectivity index (χ1) is 34.6. The van der Waals surface area contributed by atoms with Crippen molar-refractivity contribution in [2.75, 3.05) is 9.80 Å². The highest BCUT2D eigenvalue weighted by Crippen LogP contribution is 2.41. The molecule has 2 heterocycles. The molecule has 6 heteroatoms. The normalized spacial score (nSPS) is 11.3. The fourth-order valence-electron chi connectivity index (χ4n) is 9.37. The van der Waals surface area contributed by atoms with Gasteiger partial charge in [-0.3, -0.25) is 0 Å². The van der Waals surface area contributed by atoms with Gasteiger partial charge in [-0.1, -0.05) is 127 Å². The van der Waals surface area contributed by atoms with Crippen molar-refractivity contribution in [2.45, 2.75) is 0 Å². The van der Waals surface area contributed by atoms with Crippen LogP contribution in [0.2, 0.25) is 0 Å². The summed E-state index contributed by atoms with van der Waals surface area (Å²) in [4.78, 5) is 14.4. The Morgan fingerprint density at radius 2 is 0.700 bits per heavy atom. The van der Waals surface area contributed by atoms with Crippen LogP contribution in [-0.4, -0.2) is 9.97 Å². The van der Waals surface area contributed by atoms with E-state index in [4.69, 9.17) is 9.97 Å². The Bertz CT molecular complexity index is 3660. The standard InChI is InChI=1S/C64H40N4S2/c1-3-11-51-41-57(39-25-43(51)9-1)67(55-35-27-49(28-36-55)63-65-59-13-5-7-15-61(59)69-63)53-31-21-47(22-32-53)45-17-19-46(20-18-45)48-23-33-54(34-24-48)68(58-40-26-44-10-2-4-12-52(44)42-58)56-37-29-50(30-38-56)64-66-60-14-6-8-16-62(60)70-64/h1-5,7-13,15-42H. The van der Waals surface area contributed by atoms with Crippen molar-refractivity contribution in [1.82, 2.24) is 9.97 Å². The van der Waals surface area contributed by atoms with Gasteiger partial charge in [0.15, 0.2) is 0 Å². The highest BCUT2D eigenvalue weighted by Gasteiger charge is 2.17. The number of benzene rings is 10. The lowest BCUT2D eigenvalue weighted by atomic mass is 9.99. The van der Waals surface area contributed by atoms with E-state index in [1.165, 1.54) is 26.2 Å². The van der Waals surface area contributed by atoms with E-state index in [2.05, 4.69) is 246 Å². The molecular weight excluding hydrogens is 889 g/mol. The first-order valence-electron chi connectivity index (χ1n) is 23.3. The summed E-state index contributed by atoms with van der Waals surface area (Å²) in [5.41, 5.74) is 15.2. The molecule has 0 aliphatic rings. The molecule has 13 aromatic rings. The van der Waals surface area contributed by atoms with E-state index in [0.29, 0.717) is 0 Å². The SMILES string of the molecule is c1ccc2sc(-c3ccc(N(c4ccc(-c5ccc(-c6ccc(N(c7ccc(-c8nc9ccccc9s8)cc7)c7ccc8ccccc8c7)cc6)cc5)cc4)c4ccc5ccccc5c4)cc3)nc2c#1. The average molecular weight is 929 g/mol. The van der Waals surface area contributed by atoms with E-state index in [-0.39, 0.29) is 0 Å². The number of rotatable bonds is 10. The Labute approximate surface area is 414 Å². The third-order valence-electron chi connectivity index (χ3n) is 13.0. The quantitative estimate of drug-likeness (QED) is 0.137. The molecule has 0 saturated heterocycles. The van der Waals surface area contributed by atoms with Gasteiger partial charge in [0.25, 0.3) is 0 Å². The number of aromatic nitrogens is 2. The largest absolute Gasteiger partial charge is 0.310 e. The molecule has 0 fully saturated rings. The number of fused-ring (bicyclic) bond motifs is 4. The zero-order chi connectivity index (χ0) is 46.4. The monoisotopic (exact) mass is 928 g/mol. The van der Waals surface area contributed by atoms with Crippen LogP contribution in [0, 0.1) is 12.1 Å². The Morgan fingerprint density at radius 3 is 1.17 bits per heavy atom. The first-order valence-corrected chi connectivity index (χ1v) is 24.9. The fourth-order valence-corrected chi connectivity index (χ4v) is 11.3. The molecule has 0 aliphatic heterocycles. The van der Waals surface area contributed by atoms with Crippen molar-refractivity contribution < 1.29 is 0 Å². The van der Waals surface area contributed by atoms with Crippen LogP contribution in [0.5, 0.6) is 0 Å². The lowest BCUT2D eigenvalue weighted by Crippen LogP contribution is -2.09. The van der Waals surface area contributed by atoms with Crippen LogP contribution < -0.4 is 9.80 Å². The maximum atomic E-state index is 4.92. The predicted octanol–water partition coefficient (Wildman–Crippen LogP) is 18.4. The summed E-state index contributed by atoms with van der Waals surface area (Å²) >= 11 is 3.41. The highest BCUT2D eigenvalue weighted by atomic mass is 32.1. The molecule has 0 N–H and O–H groups in total. The second kappa shape index (κ2) is 17.7. The van der Waals surface area contributed by atoms with Crippen molar-refractivity contribution in [3.63, 3.8) is 0 Å². The zero-order valence-corrected chi connectivity index (χ0v) is 39.3. The van der Waals surface area contributed by atoms with Gasteiger partial charge in [-0.05, 0) is 171 Å². The van der Waals surface area contributed by atoms with E-state index < -0.39 is 0 Å². The van der Waals surface area contributed by atoms with Crippen molar-refractivity contribution in [3.8, 4) is 43.4 Å². The molecule has 0 saturated carbocycles. The van der Waals surface area contributed by atoms with Gasteiger partial charge < -0.3 is 9.80 Å². The highest BCUT2D eigenvalue weighted by molar-refractivity contribution is 7.22.